The molecule has 3 aromatic rings. The van der Waals surface area contributed by atoms with E-state index in [1.807, 2.05) is 36.4 Å². The summed E-state index contributed by atoms with van der Waals surface area (Å²) in [5, 5.41) is 2.80. The van der Waals surface area contributed by atoms with E-state index in [0.717, 1.165) is 24.8 Å². The van der Waals surface area contributed by atoms with E-state index in [9.17, 15) is 9.59 Å². The molecule has 0 saturated heterocycles. The van der Waals surface area contributed by atoms with Gasteiger partial charge in [0.1, 0.15) is 17.4 Å². The van der Waals surface area contributed by atoms with Crippen LogP contribution in [-0.4, -0.2) is 21.2 Å². The molecule has 2 amide bonds. The van der Waals surface area contributed by atoms with Gasteiger partial charge in [-0.15, -0.1) is 0 Å². The standard InChI is InChI=1S/C21H22N4O2/c1-13-19(25-11-5-4-8-17(25)23-13)21(27)24-18(20(22)26)16-10-9-14-6-2-3-7-15(14)12-16/h4-5,8-12,18H,2-3,6-7H2,1H3,(H2,22,26)(H,24,27). The zero-order valence-electron chi connectivity index (χ0n) is 15.2. The summed E-state index contributed by atoms with van der Waals surface area (Å²) in [7, 11) is 0. The lowest BCUT2D eigenvalue weighted by Gasteiger charge is -2.20. The summed E-state index contributed by atoms with van der Waals surface area (Å²) in [6.07, 6.45) is 6.17. The van der Waals surface area contributed by atoms with Crippen LogP contribution < -0.4 is 11.1 Å². The second-order valence-electron chi connectivity index (χ2n) is 7.02. The van der Waals surface area contributed by atoms with Crippen LogP contribution in [0.3, 0.4) is 0 Å². The molecule has 0 spiro atoms. The molecule has 0 bridgehead atoms. The third-order valence-corrected chi connectivity index (χ3v) is 5.19. The third kappa shape index (κ3) is 3.18. The molecule has 0 saturated carbocycles. The number of benzene rings is 1. The summed E-state index contributed by atoms with van der Waals surface area (Å²) in [4.78, 5) is 29.4. The Bertz CT molecular complexity index is 1040. The van der Waals surface area contributed by atoms with E-state index >= 15 is 0 Å². The van der Waals surface area contributed by atoms with Crippen LogP contribution in [0.4, 0.5) is 0 Å². The van der Waals surface area contributed by atoms with Gasteiger partial charge in [0, 0.05) is 6.20 Å². The predicted molar refractivity (Wildman–Crippen MR) is 102 cm³/mol. The van der Waals surface area contributed by atoms with E-state index in [0.29, 0.717) is 17.0 Å². The van der Waals surface area contributed by atoms with Crippen molar-refractivity contribution in [3.63, 3.8) is 0 Å². The average molecular weight is 362 g/mol. The maximum absolute atomic E-state index is 12.9. The molecule has 0 aliphatic heterocycles. The second-order valence-corrected chi connectivity index (χ2v) is 7.02. The number of fused-ring (bicyclic) bond motifs is 2. The minimum Gasteiger partial charge on any atom is -0.368 e. The van der Waals surface area contributed by atoms with Gasteiger partial charge >= 0.3 is 0 Å². The monoisotopic (exact) mass is 362 g/mol. The van der Waals surface area contributed by atoms with Gasteiger partial charge in [0.05, 0.1) is 5.69 Å². The molecule has 0 radical (unpaired) electrons. The van der Waals surface area contributed by atoms with Crippen molar-refractivity contribution in [3.8, 4) is 0 Å². The molecular formula is C21H22N4O2. The first-order valence-electron chi connectivity index (χ1n) is 9.20. The number of hydrogen-bond donors (Lipinski definition) is 2. The Morgan fingerprint density at radius 1 is 1.15 bits per heavy atom. The number of nitrogens with one attached hydrogen (secondary N) is 1. The minimum atomic E-state index is -0.876. The zero-order chi connectivity index (χ0) is 19.0. The molecule has 0 fully saturated rings. The summed E-state index contributed by atoms with van der Waals surface area (Å²) in [6.45, 7) is 1.78. The van der Waals surface area contributed by atoms with Crippen LogP contribution in [0.25, 0.3) is 5.65 Å². The number of carbonyl (C=O) groups excluding carboxylic acids is 2. The number of carbonyl (C=O) groups is 2. The highest BCUT2D eigenvalue weighted by atomic mass is 16.2. The Morgan fingerprint density at radius 3 is 2.70 bits per heavy atom. The largest absolute Gasteiger partial charge is 0.368 e. The number of nitrogens with two attached hydrogens (primary N) is 1. The van der Waals surface area contributed by atoms with Gasteiger partial charge in [-0.1, -0.05) is 24.3 Å². The Kier molecular flexibility index (Phi) is 4.39. The number of aromatic nitrogens is 2. The lowest BCUT2D eigenvalue weighted by Crippen LogP contribution is -2.38. The van der Waals surface area contributed by atoms with Gasteiger partial charge < -0.3 is 11.1 Å². The average Bonchev–Trinajstić information content (AvgIpc) is 3.01. The van der Waals surface area contributed by atoms with Gasteiger partial charge in [0.2, 0.25) is 5.91 Å². The topological polar surface area (TPSA) is 89.5 Å². The van der Waals surface area contributed by atoms with Gasteiger partial charge in [-0.2, -0.15) is 0 Å². The normalized spacial score (nSPS) is 14.6. The van der Waals surface area contributed by atoms with Crippen molar-refractivity contribution in [3.05, 3.63) is 70.7 Å². The molecule has 1 unspecified atom stereocenters. The number of imidazole rings is 1. The molecule has 1 aliphatic carbocycles. The molecule has 1 aromatic carbocycles. The van der Waals surface area contributed by atoms with Crippen molar-refractivity contribution in [1.82, 2.24) is 14.7 Å². The van der Waals surface area contributed by atoms with Crippen LogP contribution >= 0.6 is 0 Å². The molecule has 4 rings (SSSR count). The number of rotatable bonds is 4. The summed E-state index contributed by atoms with van der Waals surface area (Å²) < 4.78 is 1.72. The first-order chi connectivity index (χ1) is 13.0. The Hall–Kier alpha value is -3.15. The fourth-order valence-electron chi connectivity index (χ4n) is 3.84. The highest BCUT2D eigenvalue weighted by Gasteiger charge is 2.25. The van der Waals surface area contributed by atoms with Crippen LogP contribution in [0.5, 0.6) is 0 Å². The lowest BCUT2D eigenvalue weighted by atomic mass is 9.89. The number of amides is 2. The summed E-state index contributed by atoms with van der Waals surface area (Å²) in [5.41, 5.74) is 10.6. The van der Waals surface area contributed by atoms with Crippen molar-refractivity contribution < 1.29 is 9.59 Å². The smallest absolute Gasteiger partial charge is 0.271 e. The van der Waals surface area contributed by atoms with E-state index < -0.39 is 11.9 Å². The van der Waals surface area contributed by atoms with E-state index in [2.05, 4.69) is 10.3 Å². The second kappa shape index (κ2) is 6.87. The SMILES string of the molecule is Cc1nc2ccccn2c1C(=O)NC(C(N)=O)c1ccc2c(c1)CCCC2. The van der Waals surface area contributed by atoms with Crippen LogP contribution in [0.2, 0.25) is 0 Å². The van der Waals surface area contributed by atoms with Crippen molar-refractivity contribution >= 4 is 17.5 Å². The zero-order valence-corrected chi connectivity index (χ0v) is 15.2. The van der Waals surface area contributed by atoms with E-state index in [4.69, 9.17) is 5.73 Å². The van der Waals surface area contributed by atoms with E-state index in [-0.39, 0.29) is 5.91 Å². The lowest BCUT2D eigenvalue weighted by molar-refractivity contribution is -0.120. The van der Waals surface area contributed by atoms with E-state index in [1.165, 1.54) is 17.5 Å². The maximum atomic E-state index is 12.9. The van der Waals surface area contributed by atoms with Gasteiger partial charge in [0.25, 0.3) is 5.91 Å². The van der Waals surface area contributed by atoms with E-state index in [1.54, 1.807) is 17.5 Å². The molecule has 27 heavy (non-hydrogen) atoms. The van der Waals surface area contributed by atoms with Gasteiger partial charge in [0.15, 0.2) is 0 Å². The predicted octanol–water partition coefficient (Wildman–Crippen LogP) is 2.48. The third-order valence-electron chi connectivity index (χ3n) is 5.19. The molecule has 2 heterocycles. The molecule has 6 nitrogen and oxygen atoms in total. The summed E-state index contributed by atoms with van der Waals surface area (Å²) in [5.74, 6) is -0.946. The number of primary amides is 1. The van der Waals surface area contributed by atoms with Gasteiger partial charge in [-0.05, 0) is 61.4 Å². The fourth-order valence-corrected chi connectivity index (χ4v) is 3.84. The molecule has 1 aliphatic rings. The van der Waals surface area contributed by atoms with Gasteiger partial charge in [-0.25, -0.2) is 4.98 Å². The van der Waals surface area contributed by atoms with Crippen molar-refractivity contribution in [2.75, 3.05) is 0 Å². The molecule has 2 aromatic heterocycles. The van der Waals surface area contributed by atoms with Crippen molar-refractivity contribution in [2.45, 2.75) is 38.6 Å². The first kappa shape index (κ1) is 17.3. The molecule has 6 heteroatoms. The Balaban J connectivity index is 1.66. The maximum Gasteiger partial charge on any atom is 0.271 e. The molecule has 3 N–H and O–H groups in total. The molecule has 138 valence electrons. The summed E-state index contributed by atoms with van der Waals surface area (Å²) in [6, 6.07) is 10.6. The number of nitrogens with zero attached hydrogens (tertiary/aromatic N) is 2. The van der Waals surface area contributed by atoms with Crippen LogP contribution in [0.1, 0.15) is 51.8 Å². The minimum absolute atomic E-state index is 0.368. The van der Waals surface area contributed by atoms with Crippen molar-refractivity contribution in [1.29, 1.82) is 0 Å². The Labute approximate surface area is 157 Å². The Morgan fingerprint density at radius 2 is 1.93 bits per heavy atom. The van der Waals surface area contributed by atoms with Crippen LogP contribution in [-0.2, 0) is 17.6 Å². The quantitative estimate of drug-likeness (QED) is 0.747. The highest BCUT2D eigenvalue weighted by molar-refractivity contribution is 5.98. The number of aryl methyl sites for hydroxylation is 3. The van der Waals surface area contributed by atoms with Crippen LogP contribution in [0, 0.1) is 6.92 Å². The summed E-state index contributed by atoms with van der Waals surface area (Å²) >= 11 is 0. The van der Waals surface area contributed by atoms with Crippen LogP contribution in [0.15, 0.2) is 42.6 Å². The van der Waals surface area contributed by atoms with Gasteiger partial charge in [-0.3, -0.25) is 14.0 Å². The molecule has 1 atom stereocenters. The number of hydrogen-bond acceptors (Lipinski definition) is 3. The number of pyridine rings is 1. The highest BCUT2D eigenvalue weighted by Crippen LogP contribution is 2.25. The first-order valence-corrected chi connectivity index (χ1v) is 9.20. The van der Waals surface area contributed by atoms with Crippen molar-refractivity contribution in [2.24, 2.45) is 5.73 Å². The molecular weight excluding hydrogens is 340 g/mol. The fraction of sp³-hybridized carbons (Fsp3) is 0.286.